The number of benzene rings is 1. The Morgan fingerprint density at radius 3 is 2.88 bits per heavy atom. The Morgan fingerprint density at radius 1 is 1.50 bits per heavy atom. The highest BCUT2D eigenvalue weighted by Gasteiger charge is 2.57. The van der Waals surface area contributed by atoms with Crippen LogP contribution < -0.4 is 4.74 Å². The Hall–Kier alpha value is -1.57. The van der Waals surface area contributed by atoms with E-state index in [0.717, 1.165) is 41.7 Å². The zero-order chi connectivity index (χ0) is 11.3. The van der Waals surface area contributed by atoms with Crippen LogP contribution in [0.25, 0.3) is 5.57 Å². The van der Waals surface area contributed by atoms with Crippen LogP contribution in [0.4, 0.5) is 0 Å². The van der Waals surface area contributed by atoms with Crippen LogP contribution in [0.2, 0.25) is 0 Å². The molecule has 16 heavy (non-hydrogen) atoms. The molecule has 2 aliphatic rings. The Labute approximate surface area is 94.9 Å². The number of ether oxygens (including phenoxy) is 1. The van der Waals surface area contributed by atoms with Crippen molar-refractivity contribution in [3.05, 3.63) is 35.9 Å². The summed E-state index contributed by atoms with van der Waals surface area (Å²) in [6.45, 7) is 6.06. The first-order valence-electron chi connectivity index (χ1n) is 5.72. The van der Waals surface area contributed by atoms with Crippen molar-refractivity contribution < 1.29 is 9.53 Å². The second kappa shape index (κ2) is 2.97. The minimum absolute atomic E-state index is 0.160. The molecule has 0 amide bonds. The smallest absolute Gasteiger partial charge is 0.210 e. The predicted molar refractivity (Wildman–Crippen MR) is 62.7 cm³/mol. The third-order valence-electron chi connectivity index (χ3n) is 3.48. The highest BCUT2D eigenvalue weighted by molar-refractivity contribution is 6.09. The Morgan fingerprint density at radius 2 is 2.25 bits per heavy atom. The minimum atomic E-state index is -0.478. The zero-order valence-electron chi connectivity index (χ0n) is 9.38. The molecule has 1 fully saturated rings. The summed E-state index contributed by atoms with van der Waals surface area (Å²) in [5, 5.41) is 0. The van der Waals surface area contributed by atoms with E-state index in [4.69, 9.17) is 4.74 Å². The minimum Gasteiger partial charge on any atom is -0.478 e. The molecule has 1 aromatic rings. The summed E-state index contributed by atoms with van der Waals surface area (Å²) in [5.74, 6) is 0.906. The largest absolute Gasteiger partial charge is 0.478 e. The Kier molecular flexibility index (Phi) is 1.79. The van der Waals surface area contributed by atoms with Gasteiger partial charge in [-0.1, -0.05) is 19.6 Å². The Balaban J connectivity index is 2.04. The summed E-state index contributed by atoms with van der Waals surface area (Å²) in [4.78, 5) is 12.1. The van der Waals surface area contributed by atoms with Crippen molar-refractivity contribution in [1.29, 1.82) is 0 Å². The summed E-state index contributed by atoms with van der Waals surface area (Å²) >= 11 is 0. The first kappa shape index (κ1) is 9.64. The summed E-state index contributed by atoms with van der Waals surface area (Å²) in [5.41, 5.74) is 2.38. The molecule has 0 aromatic heterocycles. The van der Waals surface area contributed by atoms with E-state index in [-0.39, 0.29) is 5.78 Å². The van der Waals surface area contributed by atoms with E-state index in [9.17, 15) is 4.79 Å². The van der Waals surface area contributed by atoms with Gasteiger partial charge in [-0.3, -0.25) is 4.79 Å². The molecule has 0 N–H and O–H groups in total. The topological polar surface area (TPSA) is 26.3 Å². The number of hydrogen-bond acceptors (Lipinski definition) is 2. The number of allylic oxidation sites excluding steroid dienone is 1. The van der Waals surface area contributed by atoms with E-state index in [1.165, 1.54) is 0 Å². The van der Waals surface area contributed by atoms with E-state index >= 15 is 0 Å². The lowest BCUT2D eigenvalue weighted by molar-refractivity contribution is 0.0820. The van der Waals surface area contributed by atoms with Crippen LogP contribution in [0.5, 0.6) is 5.75 Å². The van der Waals surface area contributed by atoms with Crippen LogP contribution >= 0.6 is 0 Å². The third kappa shape index (κ3) is 1.16. The number of ketones is 1. The van der Waals surface area contributed by atoms with Gasteiger partial charge in [0.1, 0.15) is 5.75 Å². The van der Waals surface area contributed by atoms with Crippen LogP contribution in [0.15, 0.2) is 24.8 Å². The van der Waals surface area contributed by atoms with Gasteiger partial charge < -0.3 is 4.74 Å². The molecule has 3 rings (SSSR count). The van der Waals surface area contributed by atoms with Crippen LogP contribution in [0, 0.1) is 0 Å². The molecule has 1 aliphatic carbocycles. The number of fused-ring (bicyclic) bond motifs is 1. The van der Waals surface area contributed by atoms with Crippen molar-refractivity contribution in [2.75, 3.05) is 0 Å². The second-order valence-electron chi connectivity index (χ2n) is 4.59. The monoisotopic (exact) mass is 214 g/mol. The number of carbonyl (C=O) groups excluding carboxylic acids is 1. The number of Topliss-reactive ketones (excluding diaryl/α,β-unsaturated/α-hetero) is 1. The first-order chi connectivity index (χ1) is 7.66. The normalized spacial score (nSPS) is 19.4. The second-order valence-corrected chi connectivity index (χ2v) is 4.59. The SMILES string of the molecule is C=C(CC)c1ccc2c(c1)C(=O)C1(CC1)O2. The first-order valence-corrected chi connectivity index (χ1v) is 5.72. The average Bonchev–Trinajstić information content (AvgIpc) is 3.02. The molecule has 1 spiro atoms. The van der Waals surface area contributed by atoms with Gasteiger partial charge in [0.15, 0.2) is 5.60 Å². The summed E-state index contributed by atoms with van der Waals surface area (Å²) in [6, 6.07) is 5.81. The molecule has 0 bridgehead atoms. The molecule has 1 heterocycles. The molecule has 0 atom stereocenters. The van der Waals surface area contributed by atoms with Crippen LogP contribution in [-0.4, -0.2) is 11.4 Å². The summed E-state index contributed by atoms with van der Waals surface area (Å²) in [7, 11) is 0. The van der Waals surface area contributed by atoms with Crippen molar-refractivity contribution in [3.8, 4) is 5.75 Å². The van der Waals surface area contributed by atoms with Gasteiger partial charge in [0.2, 0.25) is 5.78 Å². The maximum absolute atomic E-state index is 12.1. The summed E-state index contributed by atoms with van der Waals surface area (Å²) < 4.78 is 5.71. The molecule has 1 saturated carbocycles. The molecule has 0 unspecified atom stereocenters. The van der Waals surface area contributed by atoms with Gasteiger partial charge in [-0.25, -0.2) is 0 Å². The third-order valence-corrected chi connectivity index (χ3v) is 3.48. The van der Waals surface area contributed by atoms with Gasteiger partial charge in [-0.05, 0) is 42.5 Å². The maximum atomic E-state index is 12.1. The molecular formula is C14H14O2. The van der Waals surface area contributed by atoms with Gasteiger partial charge in [-0.2, -0.15) is 0 Å². The van der Waals surface area contributed by atoms with Gasteiger partial charge in [0.25, 0.3) is 0 Å². The fourth-order valence-electron chi connectivity index (χ4n) is 2.17. The Bertz CT molecular complexity index is 495. The maximum Gasteiger partial charge on any atom is 0.210 e. The predicted octanol–water partition coefficient (Wildman–Crippen LogP) is 3.22. The van der Waals surface area contributed by atoms with Crippen molar-refractivity contribution in [2.24, 2.45) is 0 Å². The molecular weight excluding hydrogens is 200 g/mol. The fourth-order valence-corrected chi connectivity index (χ4v) is 2.17. The van der Waals surface area contributed by atoms with Crippen molar-refractivity contribution in [2.45, 2.75) is 31.8 Å². The summed E-state index contributed by atoms with van der Waals surface area (Å²) in [6.07, 6.45) is 2.63. The van der Waals surface area contributed by atoms with Crippen molar-refractivity contribution >= 4 is 11.4 Å². The van der Waals surface area contributed by atoms with Gasteiger partial charge >= 0.3 is 0 Å². The van der Waals surface area contributed by atoms with E-state index in [1.54, 1.807) is 0 Å². The standard InChI is InChI=1S/C14H14O2/c1-3-9(2)10-4-5-12-11(8-10)13(15)14(16-12)6-7-14/h4-5,8H,2-3,6-7H2,1H3. The molecule has 0 saturated heterocycles. The fraction of sp³-hybridized carbons (Fsp3) is 0.357. The average molecular weight is 214 g/mol. The van der Waals surface area contributed by atoms with Crippen LogP contribution in [-0.2, 0) is 0 Å². The molecule has 1 aromatic carbocycles. The van der Waals surface area contributed by atoms with Gasteiger partial charge in [-0.15, -0.1) is 0 Å². The molecule has 82 valence electrons. The lowest BCUT2D eigenvalue weighted by Crippen LogP contribution is -2.21. The molecule has 1 aliphatic heterocycles. The number of rotatable bonds is 2. The molecule has 0 radical (unpaired) electrons. The number of carbonyl (C=O) groups is 1. The highest BCUT2D eigenvalue weighted by Crippen LogP contribution is 2.50. The quantitative estimate of drug-likeness (QED) is 0.755. The van der Waals surface area contributed by atoms with Crippen LogP contribution in [0.3, 0.4) is 0 Å². The van der Waals surface area contributed by atoms with E-state index in [2.05, 4.69) is 13.5 Å². The van der Waals surface area contributed by atoms with E-state index in [0.29, 0.717) is 0 Å². The van der Waals surface area contributed by atoms with Crippen LogP contribution in [0.1, 0.15) is 42.1 Å². The lowest BCUT2D eigenvalue weighted by atomic mass is 9.99. The van der Waals surface area contributed by atoms with E-state index < -0.39 is 5.60 Å². The van der Waals surface area contributed by atoms with Gasteiger partial charge in [0, 0.05) is 0 Å². The van der Waals surface area contributed by atoms with E-state index in [1.807, 2.05) is 18.2 Å². The molecule has 2 heteroatoms. The zero-order valence-corrected chi connectivity index (χ0v) is 9.38. The van der Waals surface area contributed by atoms with Gasteiger partial charge in [0.05, 0.1) is 5.56 Å². The number of hydrogen-bond donors (Lipinski definition) is 0. The highest BCUT2D eigenvalue weighted by atomic mass is 16.5. The lowest BCUT2D eigenvalue weighted by Gasteiger charge is -2.05. The molecule has 2 nitrogen and oxygen atoms in total. The van der Waals surface area contributed by atoms with Crippen molar-refractivity contribution in [1.82, 2.24) is 0 Å². The van der Waals surface area contributed by atoms with Crippen molar-refractivity contribution in [3.63, 3.8) is 0 Å².